The third kappa shape index (κ3) is 6.24. The molecule has 0 radical (unpaired) electrons. The van der Waals surface area contributed by atoms with E-state index in [0.29, 0.717) is 0 Å². The van der Waals surface area contributed by atoms with Crippen LogP contribution >= 0.6 is 0 Å². The summed E-state index contributed by atoms with van der Waals surface area (Å²) < 4.78 is 66.2. The Kier molecular flexibility index (Phi) is 7.27. The van der Waals surface area contributed by atoms with Gasteiger partial charge in [0.25, 0.3) is 0 Å². The number of hydrogen-bond donors (Lipinski definition) is 2. The van der Waals surface area contributed by atoms with Crippen molar-refractivity contribution in [2.75, 3.05) is 30.3 Å². The summed E-state index contributed by atoms with van der Waals surface area (Å²) in [7, 11) is 0. The number of rotatable bonds is 7. The van der Waals surface area contributed by atoms with Crippen LogP contribution in [-0.2, 0) is 15.8 Å². The number of carbonyl (C=O) groups excluding carboxylic acids is 2. The Bertz CT molecular complexity index is 866. The molecule has 0 bridgehead atoms. The largest absolute Gasteiger partial charge is 0.418 e. The van der Waals surface area contributed by atoms with Gasteiger partial charge in [-0.05, 0) is 30.8 Å². The molecule has 0 saturated heterocycles. The molecule has 5 nitrogen and oxygen atoms in total. The first-order chi connectivity index (χ1) is 13.6. The number of nitrogens with one attached hydrogen (secondary N) is 2. The highest BCUT2D eigenvalue weighted by molar-refractivity contribution is 5.95. The highest BCUT2D eigenvalue weighted by Gasteiger charge is 2.33. The van der Waals surface area contributed by atoms with Crippen LogP contribution in [0.2, 0.25) is 0 Å². The number of carbonyl (C=O) groups is 2. The monoisotopic (exact) mass is 415 g/mol. The molecule has 2 aromatic carbocycles. The molecule has 0 spiro atoms. The first kappa shape index (κ1) is 22.3. The zero-order chi connectivity index (χ0) is 21.6. The number of alkyl halides is 3. The minimum atomic E-state index is -4.64. The molecule has 29 heavy (non-hydrogen) atoms. The lowest BCUT2D eigenvalue weighted by molar-refractivity contribution is -0.137. The van der Waals surface area contributed by atoms with Gasteiger partial charge in [0.15, 0.2) is 0 Å². The molecule has 0 aliphatic rings. The lowest BCUT2D eigenvalue weighted by Gasteiger charge is -2.20. The van der Waals surface area contributed by atoms with E-state index in [1.165, 1.54) is 17.0 Å². The fourth-order valence-electron chi connectivity index (χ4n) is 2.51. The van der Waals surface area contributed by atoms with Gasteiger partial charge in [-0.3, -0.25) is 14.5 Å². The smallest absolute Gasteiger partial charge is 0.324 e. The zero-order valence-corrected chi connectivity index (χ0v) is 15.3. The van der Waals surface area contributed by atoms with Gasteiger partial charge in [-0.15, -0.1) is 0 Å². The summed E-state index contributed by atoms with van der Waals surface area (Å²) in [6, 6.07) is 7.58. The van der Waals surface area contributed by atoms with Crippen LogP contribution in [0.15, 0.2) is 42.5 Å². The second kappa shape index (κ2) is 9.46. The summed E-state index contributed by atoms with van der Waals surface area (Å²) in [5, 5.41) is 4.25. The average Bonchev–Trinajstić information content (AvgIpc) is 2.64. The molecule has 156 valence electrons. The van der Waals surface area contributed by atoms with Crippen molar-refractivity contribution in [3.8, 4) is 0 Å². The van der Waals surface area contributed by atoms with Gasteiger partial charge in [-0.2, -0.15) is 13.2 Å². The van der Waals surface area contributed by atoms with Gasteiger partial charge in [0.2, 0.25) is 11.8 Å². The maximum absolute atomic E-state index is 13.6. The SMILES string of the molecule is CCN(CC(=O)Nc1ccccc1C(F)(F)F)CC(=O)Nc1c(F)cccc1F. The second-order valence-electron chi connectivity index (χ2n) is 6.04. The fraction of sp³-hybridized carbons (Fsp3) is 0.263. The first-order valence-electron chi connectivity index (χ1n) is 8.54. The molecule has 0 aromatic heterocycles. The lowest BCUT2D eigenvalue weighted by Crippen LogP contribution is -2.39. The molecule has 0 heterocycles. The summed E-state index contributed by atoms with van der Waals surface area (Å²) in [5.74, 6) is -3.46. The summed E-state index contributed by atoms with van der Waals surface area (Å²) in [4.78, 5) is 25.5. The number of amides is 2. The Labute approximate surface area is 163 Å². The van der Waals surface area contributed by atoms with E-state index in [0.717, 1.165) is 30.3 Å². The van der Waals surface area contributed by atoms with Crippen LogP contribution in [0, 0.1) is 11.6 Å². The molecule has 0 unspecified atom stereocenters. The van der Waals surface area contributed by atoms with E-state index in [1.807, 2.05) is 0 Å². The van der Waals surface area contributed by atoms with Gasteiger partial charge in [-0.1, -0.05) is 25.1 Å². The molecular weight excluding hydrogens is 397 g/mol. The van der Waals surface area contributed by atoms with E-state index < -0.39 is 59.7 Å². The van der Waals surface area contributed by atoms with E-state index in [1.54, 1.807) is 6.92 Å². The number of halogens is 5. The van der Waals surface area contributed by atoms with E-state index in [-0.39, 0.29) is 6.54 Å². The topological polar surface area (TPSA) is 61.4 Å². The Morgan fingerprint density at radius 1 is 0.897 bits per heavy atom. The van der Waals surface area contributed by atoms with Gasteiger partial charge >= 0.3 is 6.18 Å². The van der Waals surface area contributed by atoms with Gasteiger partial charge in [0.1, 0.15) is 17.3 Å². The molecule has 0 aliphatic carbocycles. The van der Waals surface area contributed by atoms with E-state index in [2.05, 4.69) is 10.6 Å². The Morgan fingerprint density at radius 3 is 2.00 bits per heavy atom. The van der Waals surface area contributed by atoms with Crippen LogP contribution in [0.5, 0.6) is 0 Å². The molecule has 2 aromatic rings. The zero-order valence-electron chi connectivity index (χ0n) is 15.3. The third-order valence-corrected chi connectivity index (χ3v) is 3.92. The normalized spacial score (nSPS) is 11.4. The summed E-state index contributed by atoms with van der Waals surface area (Å²) in [6.45, 7) is 1.03. The van der Waals surface area contributed by atoms with Crippen molar-refractivity contribution in [2.24, 2.45) is 0 Å². The molecule has 0 saturated carbocycles. The third-order valence-electron chi connectivity index (χ3n) is 3.92. The van der Waals surface area contributed by atoms with Crippen LogP contribution in [-0.4, -0.2) is 36.3 Å². The van der Waals surface area contributed by atoms with Crippen LogP contribution < -0.4 is 10.6 Å². The minimum absolute atomic E-state index is 0.196. The summed E-state index contributed by atoms with van der Waals surface area (Å²) in [6.07, 6.45) is -4.64. The quantitative estimate of drug-likeness (QED) is 0.675. The van der Waals surface area contributed by atoms with Gasteiger partial charge in [0.05, 0.1) is 24.3 Å². The Balaban J connectivity index is 1.99. The molecule has 0 atom stereocenters. The number of anilines is 2. The van der Waals surface area contributed by atoms with Crippen molar-refractivity contribution in [3.05, 3.63) is 59.7 Å². The summed E-state index contributed by atoms with van der Waals surface area (Å²) >= 11 is 0. The number of likely N-dealkylation sites (N-methyl/N-ethyl adjacent to an activating group) is 1. The van der Waals surface area contributed by atoms with Gasteiger partial charge in [0, 0.05) is 0 Å². The summed E-state index contributed by atoms with van der Waals surface area (Å²) in [5.41, 5.74) is -2.01. The predicted molar refractivity (Wildman–Crippen MR) is 97.2 cm³/mol. The first-order valence-corrected chi connectivity index (χ1v) is 8.54. The Hall–Kier alpha value is -3.01. The maximum atomic E-state index is 13.6. The van der Waals surface area contributed by atoms with Crippen molar-refractivity contribution in [1.82, 2.24) is 4.90 Å². The van der Waals surface area contributed by atoms with E-state index in [4.69, 9.17) is 0 Å². The van der Waals surface area contributed by atoms with E-state index >= 15 is 0 Å². The van der Waals surface area contributed by atoms with Crippen LogP contribution in [0.1, 0.15) is 12.5 Å². The van der Waals surface area contributed by atoms with E-state index in [9.17, 15) is 31.5 Å². The molecule has 2 rings (SSSR count). The number of nitrogens with zero attached hydrogens (tertiary/aromatic N) is 1. The highest BCUT2D eigenvalue weighted by Crippen LogP contribution is 2.34. The molecule has 0 aliphatic heterocycles. The van der Waals surface area contributed by atoms with Crippen LogP contribution in [0.3, 0.4) is 0 Å². The van der Waals surface area contributed by atoms with Gasteiger partial charge < -0.3 is 10.6 Å². The highest BCUT2D eigenvalue weighted by atomic mass is 19.4. The standard InChI is InChI=1S/C19H18F5N3O2/c1-2-27(11-17(29)26-18-13(20)7-5-8-14(18)21)10-16(28)25-15-9-4-3-6-12(15)19(22,23)24/h3-9H,2,10-11H2,1H3,(H,25,28)(H,26,29). The molecule has 2 amide bonds. The van der Waals surface area contributed by atoms with Crippen molar-refractivity contribution < 1.29 is 31.5 Å². The van der Waals surface area contributed by atoms with Gasteiger partial charge in [-0.25, -0.2) is 8.78 Å². The van der Waals surface area contributed by atoms with Crippen molar-refractivity contribution in [1.29, 1.82) is 0 Å². The van der Waals surface area contributed by atoms with Crippen molar-refractivity contribution in [2.45, 2.75) is 13.1 Å². The second-order valence-corrected chi connectivity index (χ2v) is 6.04. The lowest BCUT2D eigenvalue weighted by atomic mass is 10.1. The predicted octanol–water partition coefficient (Wildman–Crippen LogP) is 3.88. The number of para-hydroxylation sites is 2. The molecule has 2 N–H and O–H groups in total. The minimum Gasteiger partial charge on any atom is -0.324 e. The average molecular weight is 415 g/mol. The molecule has 10 heteroatoms. The maximum Gasteiger partial charge on any atom is 0.418 e. The number of hydrogen-bond acceptors (Lipinski definition) is 3. The Morgan fingerprint density at radius 2 is 1.45 bits per heavy atom. The molecule has 0 fully saturated rings. The number of benzene rings is 2. The van der Waals surface area contributed by atoms with Crippen LogP contribution in [0.4, 0.5) is 33.3 Å². The molecular formula is C19H18F5N3O2. The fourth-order valence-corrected chi connectivity index (χ4v) is 2.51. The van der Waals surface area contributed by atoms with Crippen molar-refractivity contribution >= 4 is 23.2 Å². The van der Waals surface area contributed by atoms with Crippen LogP contribution in [0.25, 0.3) is 0 Å². The van der Waals surface area contributed by atoms with Crippen molar-refractivity contribution in [3.63, 3.8) is 0 Å².